The van der Waals surface area contributed by atoms with Gasteiger partial charge in [-0.3, -0.25) is 4.79 Å². The number of hydrogen-bond acceptors (Lipinski definition) is 4. The first kappa shape index (κ1) is 15.3. The summed E-state index contributed by atoms with van der Waals surface area (Å²) in [4.78, 5) is 16.9. The first-order valence-corrected chi connectivity index (χ1v) is 7.84. The normalized spacial score (nSPS) is 16.5. The third kappa shape index (κ3) is 3.11. The Labute approximate surface area is 135 Å². The number of fused-ring (bicyclic) bond motifs is 1. The number of amides is 1. The van der Waals surface area contributed by atoms with Crippen molar-refractivity contribution in [3.05, 3.63) is 36.0 Å². The van der Waals surface area contributed by atoms with E-state index >= 15 is 0 Å². The lowest BCUT2D eigenvalue weighted by molar-refractivity contribution is 0.0898. The van der Waals surface area contributed by atoms with Crippen LogP contribution in [0.15, 0.2) is 30.3 Å². The molecule has 1 aromatic carbocycles. The van der Waals surface area contributed by atoms with Crippen molar-refractivity contribution in [2.45, 2.75) is 37.6 Å². The van der Waals surface area contributed by atoms with Gasteiger partial charge in [0.15, 0.2) is 0 Å². The van der Waals surface area contributed by atoms with Crippen LogP contribution in [0.3, 0.4) is 0 Å². The Morgan fingerprint density at radius 3 is 2.74 bits per heavy atom. The number of methoxy groups -OCH3 is 1. The van der Waals surface area contributed by atoms with Gasteiger partial charge < -0.3 is 10.1 Å². The summed E-state index contributed by atoms with van der Waals surface area (Å²) in [5.41, 5.74) is 0.322. The maximum Gasteiger partial charge on any atom is 0.271 e. The number of benzene rings is 1. The molecule has 1 heterocycles. The van der Waals surface area contributed by atoms with Crippen LogP contribution in [0.1, 0.15) is 42.6 Å². The minimum atomic E-state index is -0.744. The number of nitrogens with one attached hydrogen (secondary N) is 1. The van der Waals surface area contributed by atoms with E-state index in [1.54, 1.807) is 13.2 Å². The predicted octanol–water partition coefficient (Wildman–Crippen LogP) is 3.20. The maximum atomic E-state index is 12.5. The highest BCUT2D eigenvalue weighted by molar-refractivity contribution is 5.95. The van der Waals surface area contributed by atoms with Crippen molar-refractivity contribution < 1.29 is 9.53 Å². The van der Waals surface area contributed by atoms with Gasteiger partial charge >= 0.3 is 0 Å². The fourth-order valence-electron chi connectivity index (χ4n) is 3.06. The summed E-state index contributed by atoms with van der Waals surface area (Å²) in [5.74, 6) is 0.466. The molecule has 3 rings (SSSR count). The number of nitriles is 1. The molecule has 1 aliphatic rings. The van der Waals surface area contributed by atoms with Crippen LogP contribution in [0.25, 0.3) is 10.9 Å². The molecule has 0 radical (unpaired) electrons. The minimum Gasteiger partial charge on any atom is -0.497 e. The van der Waals surface area contributed by atoms with Crippen molar-refractivity contribution in [3.8, 4) is 11.8 Å². The molecule has 1 N–H and O–H groups in total. The third-order valence-corrected chi connectivity index (χ3v) is 4.40. The Hall–Kier alpha value is -2.61. The molecule has 23 heavy (non-hydrogen) atoms. The summed E-state index contributed by atoms with van der Waals surface area (Å²) in [7, 11) is 1.61. The molecule has 5 nitrogen and oxygen atoms in total. The van der Waals surface area contributed by atoms with E-state index in [9.17, 15) is 10.1 Å². The first-order chi connectivity index (χ1) is 11.2. The molecule has 118 valence electrons. The van der Waals surface area contributed by atoms with Gasteiger partial charge in [0.05, 0.1) is 18.7 Å². The van der Waals surface area contributed by atoms with Crippen molar-refractivity contribution in [2.24, 2.45) is 0 Å². The lowest BCUT2D eigenvalue weighted by Gasteiger charge is -2.31. The van der Waals surface area contributed by atoms with Crippen molar-refractivity contribution in [1.82, 2.24) is 10.3 Å². The van der Waals surface area contributed by atoms with Crippen LogP contribution in [-0.4, -0.2) is 23.5 Å². The standard InChI is InChI=1S/C18H19N3O2/c1-23-14-6-8-15-13(11-14)5-7-16(20-15)17(22)21-18(12-19)9-3-2-4-10-18/h5-8,11H,2-4,9-10H2,1H3,(H,21,22). The van der Waals surface area contributed by atoms with E-state index in [-0.39, 0.29) is 5.91 Å². The number of rotatable bonds is 3. The summed E-state index contributed by atoms with van der Waals surface area (Å²) in [6.45, 7) is 0. The quantitative estimate of drug-likeness (QED) is 0.944. The van der Waals surface area contributed by atoms with E-state index in [0.29, 0.717) is 18.5 Å². The fourth-order valence-corrected chi connectivity index (χ4v) is 3.06. The molecule has 0 aliphatic heterocycles. The van der Waals surface area contributed by atoms with E-state index in [2.05, 4.69) is 16.4 Å². The number of ether oxygens (including phenoxy) is 1. The van der Waals surface area contributed by atoms with E-state index < -0.39 is 5.54 Å². The first-order valence-electron chi connectivity index (χ1n) is 7.84. The zero-order chi connectivity index (χ0) is 16.3. The number of carbonyl (C=O) groups is 1. The number of aromatic nitrogens is 1. The van der Waals surface area contributed by atoms with E-state index in [1.165, 1.54) is 0 Å². The molecule has 0 unspecified atom stereocenters. The Balaban J connectivity index is 1.84. The lowest BCUT2D eigenvalue weighted by Crippen LogP contribution is -2.48. The summed E-state index contributed by atoms with van der Waals surface area (Å²) < 4.78 is 5.19. The van der Waals surface area contributed by atoms with Gasteiger partial charge in [0.1, 0.15) is 17.0 Å². The Bertz CT molecular complexity index is 773. The van der Waals surface area contributed by atoms with Crippen molar-refractivity contribution in [2.75, 3.05) is 7.11 Å². The Kier molecular flexibility index (Phi) is 4.16. The average Bonchev–Trinajstić information content (AvgIpc) is 2.61. The molecule has 0 saturated heterocycles. The van der Waals surface area contributed by atoms with E-state index in [0.717, 1.165) is 35.9 Å². The number of carbonyl (C=O) groups excluding carboxylic acids is 1. The van der Waals surface area contributed by atoms with Crippen molar-refractivity contribution in [1.29, 1.82) is 5.26 Å². The minimum absolute atomic E-state index is 0.286. The summed E-state index contributed by atoms with van der Waals surface area (Å²) >= 11 is 0. The van der Waals surface area contributed by atoms with Gasteiger partial charge in [-0.05, 0) is 37.1 Å². The largest absolute Gasteiger partial charge is 0.497 e. The molecular weight excluding hydrogens is 290 g/mol. The highest BCUT2D eigenvalue weighted by Crippen LogP contribution is 2.28. The fraction of sp³-hybridized carbons (Fsp3) is 0.389. The average molecular weight is 309 g/mol. The van der Waals surface area contributed by atoms with Crippen molar-refractivity contribution in [3.63, 3.8) is 0 Å². The van der Waals surface area contributed by atoms with Gasteiger partial charge in [0, 0.05) is 5.39 Å². The molecule has 1 aromatic heterocycles. The van der Waals surface area contributed by atoms with Gasteiger partial charge in [-0.25, -0.2) is 4.98 Å². The molecular formula is C18H19N3O2. The lowest BCUT2D eigenvalue weighted by atomic mass is 9.83. The van der Waals surface area contributed by atoms with Crippen LogP contribution in [0.4, 0.5) is 0 Å². The van der Waals surface area contributed by atoms with Gasteiger partial charge in [0.2, 0.25) is 0 Å². The molecule has 1 saturated carbocycles. The van der Waals surface area contributed by atoms with Crippen LogP contribution in [-0.2, 0) is 0 Å². The third-order valence-electron chi connectivity index (χ3n) is 4.40. The van der Waals surface area contributed by atoms with Crippen LogP contribution < -0.4 is 10.1 Å². The molecule has 1 fully saturated rings. The Morgan fingerprint density at radius 2 is 2.04 bits per heavy atom. The van der Waals surface area contributed by atoms with E-state index in [4.69, 9.17) is 4.74 Å². The van der Waals surface area contributed by atoms with Crippen LogP contribution in [0, 0.1) is 11.3 Å². The Morgan fingerprint density at radius 1 is 1.26 bits per heavy atom. The molecule has 0 bridgehead atoms. The summed E-state index contributed by atoms with van der Waals surface area (Å²) in [6.07, 6.45) is 4.48. The summed E-state index contributed by atoms with van der Waals surface area (Å²) in [6, 6.07) is 11.3. The molecule has 1 amide bonds. The smallest absolute Gasteiger partial charge is 0.271 e. The maximum absolute atomic E-state index is 12.5. The van der Waals surface area contributed by atoms with Crippen LogP contribution in [0.5, 0.6) is 5.75 Å². The summed E-state index contributed by atoms with van der Waals surface area (Å²) in [5, 5.41) is 13.3. The van der Waals surface area contributed by atoms with Gasteiger partial charge in [0.25, 0.3) is 5.91 Å². The number of nitrogens with zero attached hydrogens (tertiary/aromatic N) is 2. The predicted molar refractivity (Wildman–Crippen MR) is 87.2 cm³/mol. The molecule has 5 heteroatoms. The molecule has 0 spiro atoms. The van der Waals surface area contributed by atoms with Gasteiger partial charge in [-0.2, -0.15) is 5.26 Å². The highest BCUT2D eigenvalue weighted by atomic mass is 16.5. The SMILES string of the molecule is COc1ccc2nc(C(=O)NC3(C#N)CCCCC3)ccc2c1. The number of hydrogen-bond donors (Lipinski definition) is 1. The monoisotopic (exact) mass is 309 g/mol. The second-order valence-electron chi connectivity index (χ2n) is 5.96. The molecule has 2 aromatic rings. The van der Waals surface area contributed by atoms with Crippen LogP contribution in [0.2, 0.25) is 0 Å². The van der Waals surface area contributed by atoms with Crippen molar-refractivity contribution >= 4 is 16.8 Å². The van der Waals surface area contributed by atoms with E-state index in [1.807, 2.05) is 24.3 Å². The topological polar surface area (TPSA) is 75.0 Å². The van der Waals surface area contributed by atoms with Gasteiger partial charge in [-0.15, -0.1) is 0 Å². The zero-order valence-electron chi connectivity index (χ0n) is 13.1. The van der Waals surface area contributed by atoms with Crippen LogP contribution >= 0.6 is 0 Å². The highest BCUT2D eigenvalue weighted by Gasteiger charge is 2.34. The second-order valence-corrected chi connectivity index (χ2v) is 5.96. The zero-order valence-corrected chi connectivity index (χ0v) is 13.1. The number of pyridine rings is 1. The molecule has 0 atom stereocenters. The van der Waals surface area contributed by atoms with Gasteiger partial charge in [-0.1, -0.05) is 25.3 Å². The second kappa shape index (κ2) is 6.25. The molecule has 1 aliphatic carbocycles.